The zero-order valence-corrected chi connectivity index (χ0v) is 11.8. The average molecular weight is 267 g/mol. The van der Waals surface area contributed by atoms with E-state index < -0.39 is 0 Å². The summed E-state index contributed by atoms with van der Waals surface area (Å²) in [6, 6.07) is 12.3. The van der Waals surface area contributed by atoms with Crippen LogP contribution >= 0.6 is 0 Å². The van der Waals surface area contributed by atoms with Gasteiger partial charge in [-0.2, -0.15) is 4.98 Å². The SMILES string of the molecule is Cc1ccc(N(C)c2nc3cc(N)ccc3o2)c(C)c1. The van der Waals surface area contributed by atoms with Crippen molar-refractivity contribution < 1.29 is 4.42 Å². The van der Waals surface area contributed by atoms with E-state index in [0.29, 0.717) is 11.7 Å². The van der Waals surface area contributed by atoms with Gasteiger partial charge < -0.3 is 10.2 Å². The third-order valence-corrected chi connectivity index (χ3v) is 3.40. The Kier molecular flexibility index (Phi) is 2.86. The Bertz CT molecular complexity index is 776. The lowest BCUT2D eigenvalue weighted by atomic mass is 10.1. The van der Waals surface area contributed by atoms with Gasteiger partial charge in [-0.25, -0.2) is 0 Å². The zero-order valence-electron chi connectivity index (χ0n) is 11.8. The molecular weight excluding hydrogens is 250 g/mol. The minimum Gasteiger partial charge on any atom is -0.423 e. The molecule has 1 heterocycles. The normalized spacial score (nSPS) is 10.9. The Labute approximate surface area is 117 Å². The van der Waals surface area contributed by atoms with Crippen molar-refractivity contribution in [2.24, 2.45) is 0 Å². The number of hydrogen-bond donors (Lipinski definition) is 1. The number of nitrogens with two attached hydrogens (primary N) is 1. The molecule has 0 aliphatic heterocycles. The van der Waals surface area contributed by atoms with E-state index in [4.69, 9.17) is 10.2 Å². The van der Waals surface area contributed by atoms with Crippen LogP contribution in [-0.4, -0.2) is 12.0 Å². The van der Waals surface area contributed by atoms with E-state index in [-0.39, 0.29) is 0 Å². The molecule has 0 atom stereocenters. The van der Waals surface area contributed by atoms with Crippen molar-refractivity contribution in [1.29, 1.82) is 0 Å². The van der Waals surface area contributed by atoms with Crippen LogP contribution in [-0.2, 0) is 0 Å². The summed E-state index contributed by atoms with van der Waals surface area (Å²) >= 11 is 0. The molecule has 4 heteroatoms. The number of oxazole rings is 1. The van der Waals surface area contributed by atoms with Gasteiger partial charge in [-0.15, -0.1) is 0 Å². The van der Waals surface area contributed by atoms with Crippen molar-refractivity contribution in [3.05, 3.63) is 47.5 Å². The minimum absolute atomic E-state index is 0.567. The highest BCUT2D eigenvalue weighted by molar-refractivity contribution is 5.79. The number of aryl methyl sites for hydroxylation is 2. The molecule has 0 radical (unpaired) electrons. The summed E-state index contributed by atoms with van der Waals surface area (Å²) in [5, 5.41) is 0. The second-order valence-electron chi connectivity index (χ2n) is 5.07. The quantitative estimate of drug-likeness (QED) is 0.718. The predicted molar refractivity (Wildman–Crippen MR) is 82.4 cm³/mol. The van der Waals surface area contributed by atoms with Crippen LogP contribution in [0.3, 0.4) is 0 Å². The van der Waals surface area contributed by atoms with E-state index in [1.807, 2.05) is 30.1 Å². The molecule has 0 aliphatic rings. The van der Waals surface area contributed by atoms with Crippen LogP contribution < -0.4 is 10.6 Å². The highest BCUT2D eigenvalue weighted by atomic mass is 16.4. The third-order valence-electron chi connectivity index (χ3n) is 3.40. The van der Waals surface area contributed by atoms with Crippen molar-refractivity contribution >= 4 is 28.5 Å². The van der Waals surface area contributed by atoms with E-state index in [1.54, 1.807) is 0 Å². The second-order valence-corrected chi connectivity index (χ2v) is 5.07. The van der Waals surface area contributed by atoms with Gasteiger partial charge in [-0.3, -0.25) is 4.90 Å². The number of anilines is 3. The zero-order chi connectivity index (χ0) is 14.3. The Morgan fingerprint density at radius 3 is 2.65 bits per heavy atom. The Morgan fingerprint density at radius 2 is 1.90 bits per heavy atom. The lowest BCUT2D eigenvalue weighted by Crippen LogP contribution is -2.11. The summed E-state index contributed by atoms with van der Waals surface area (Å²) in [5.74, 6) is 0. The fraction of sp³-hybridized carbons (Fsp3) is 0.188. The van der Waals surface area contributed by atoms with Crippen molar-refractivity contribution in [2.45, 2.75) is 13.8 Å². The first-order chi connectivity index (χ1) is 9.54. The maximum atomic E-state index is 5.78. The fourth-order valence-corrected chi connectivity index (χ4v) is 2.36. The Morgan fingerprint density at radius 1 is 1.10 bits per heavy atom. The molecule has 0 saturated carbocycles. The first-order valence-corrected chi connectivity index (χ1v) is 6.51. The van der Waals surface area contributed by atoms with Crippen LogP contribution in [0.1, 0.15) is 11.1 Å². The Hall–Kier alpha value is -2.49. The smallest absolute Gasteiger partial charge is 0.302 e. The number of nitrogen functional groups attached to an aromatic ring is 1. The van der Waals surface area contributed by atoms with Gasteiger partial charge in [0.05, 0.1) is 0 Å². The maximum Gasteiger partial charge on any atom is 0.302 e. The van der Waals surface area contributed by atoms with Crippen LogP contribution in [0.25, 0.3) is 11.1 Å². The van der Waals surface area contributed by atoms with E-state index in [2.05, 4.69) is 37.0 Å². The molecule has 3 rings (SSSR count). The molecule has 2 N–H and O–H groups in total. The van der Waals surface area contributed by atoms with E-state index in [1.165, 1.54) is 11.1 Å². The average Bonchev–Trinajstić information content (AvgIpc) is 2.81. The van der Waals surface area contributed by atoms with Crippen LogP contribution in [0, 0.1) is 13.8 Å². The second kappa shape index (κ2) is 4.56. The topological polar surface area (TPSA) is 55.3 Å². The molecule has 3 aromatic rings. The molecule has 1 aromatic heterocycles. The van der Waals surface area contributed by atoms with Crippen molar-refractivity contribution in [3.63, 3.8) is 0 Å². The van der Waals surface area contributed by atoms with Gasteiger partial charge in [-0.05, 0) is 43.7 Å². The standard InChI is InChI=1S/C16H17N3O/c1-10-4-6-14(11(2)8-10)19(3)16-18-13-9-12(17)5-7-15(13)20-16/h4-9H,17H2,1-3H3. The third kappa shape index (κ3) is 2.09. The first-order valence-electron chi connectivity index (χ1n) is 6.51. The van der Waals surface area contributed by atoms with Crippen LogP contribution in [0.2, 0.25) is 0 Å². The number of benzene rings is 2. The highest BCUT2D eigenvalue weighted by Gasteiger charge is 2.13. The number of fused-ring (bicyclic) bond motifs is 1. The maximum absolute atomic E-state index is 5.78. The Balaban J connectivity index is 2.05. The predicted octanol–water partition coefficient (Wildman–Crippen LogP) is 3.79. The van der Waals surface area contributed by atoms with E-state index >= 15 is 0 Å². The summed E-state index contributed by atoms with van der Waals surface area (Å²) < 4.78 is 5.78. The molecule has 4 nitrogen and oxygen atoms in total. The molecule has 2 aromatic carbocycles. The van der Waals surface area contributed by atoms with Crippen molar-refractivity contribution in [1.82, 2.24) is 4.98 Å². The van der Waals surface area contributed by atoms with Gasteiger partial charge in [-0.1, -0.05) is 17.7 Å². The summed E-state index contributed by atoms with van der Waals surface area (Å²) in [5.41, 5.74) is 11.5. The van der Waals surface area contributed by atoms with Gasteiger partial charge >= 0.3 is 6.01 Å². The van der Waals surface area contributed by atoms with E-state index in [0.717, 1.165) is 16.8 Å². The number of aromatic nitrogens is 1. The van der Waals surface area contributed by atoms with Gasteiger partial charge in [0.15, 0.2) is 5.58 Å². The van der Waals surface area contributed by atoms with E-state index in [9.17, 15) is 0 Å². The molecule has 0 saturated heterocycles. The summed E-state index contributed by atoms with van der Waals surface area (Å²) in [4.78, 5) is 6.44. The fourth-order valence-electron chi connectivity index (χ4n) is 2.36. The first kappa shape index (κ1) is 12.5. The molecule has 0 spiro atoms. The van der Waals surface area contributed by atoms with Gasteiger partial charge in [0.1, 0.15) is 5.52 Å². The lowest BCUT2D eigenvalue weighted by Gasteiger charge is -2.17. The molecule has 20 heavy (non-hydrogen) atoms. The molecule has 0 unspecified atom stereocenters. The molecule has 0 aliphatic carbocycles. The minimum atomic E-state index is 0.567. The summed E-state index contributed by atoms with van der Waals surface area (Å²) in [6.07, 6.45) is 0. The van der Waals surface area contributed by atoms with Gasteiger partial charge in [0.2, 0.25) is 0 Å². The molecular formula is C16H17N3O. The number of nitrogens with zero attached hydrogens (tertiary/aromatic N) is 2. The summed E-state index contributed by atoms with van der Waals surface area (Å²) in [7, 11) is 1.95. The van der Waals surface area contributed by atoms with Gasteiger partial charge in [0.25, 0.3) is 0 Å². The molecule has 102 valence electrons. The largest absolute Gasteiger partial charge is 0.423 e. The van der Waals surface area contributed by atoms with Crippen LogP contribution in [0.15, 0.2) is 40.8 Å². The van der Waals surface area contributed by atoms with Gasteiger partial charge in [0, 0.05) is 18.4 Å². The monoisotopic (exact) mass is 267 g/mol. The number of rotatable bonds is 2. The number of hydrogen-bond acceptors (Lipinski definition) is 4. The van der Waals surface area contributed by atoms with Crippen LogP contribution in [0.4, 0.5) is 17.4 Å². The molecule has 0 bridgehead atoms. The van der Waals surface area contributed by atoms with Crippen LogP contribution in [0.5, 0.6) is 0 Å². The lowest BCUT2D eigenvalue weighted by molar-refractivity contribution is 0.603. The molecule has 0 amide bonds. The summed E-state index contributed by atoms with van der Waals surface area (Å²) in [6.45, 7) is 4.17. The highest BCUT2D eigenvalue weighted by Crippen LogP contribution is 2.30. The van der Waals surface area contributed by atoms with Crippen molar-refractivity contribution in [2.75, 3.05) is 17.7 Å². The van der Waals surface area contributed by atoms with Crippen molar-refractivity contribution in [3.8, 4) is 0 Å². The molecule has 0 fully saturated rings.